The third-order valence-corrected chi connectivity index (χ3v) is 2.92. The fourth-order valence-electron chi connectivity index (χ4n) is 1.11. The van der Waals surface area contributed by atoms with Crippen LogP contribution in [0.15, 0.2) is 34.8 Å². The van der Waals surface area contributed by atoms with Crippen LogP contribution in [0.2, 0.25) is 10.2 Å². The van der Waals surface area contributed by atoms with Gasteiger partial charge in [-0.2, -0.15) is 0 Å². The van der Waals surface area contributed by atoms with Crippen LogP contribution in [0, 0.1) is 0 Å². The van der Waals surface area contributed by atoms with Crippen LogP contribution in [0.3, 0.4) is 0 Å². The van der Waals surface area contributed by atoms with Crippen LogP contribution in [0.5, 0.6) is 0 Å². The second-order valence-corrected chi connectivity index (χ2v) is 4.67. The number of hydrogen-bond acceptors (Lipinski definition) is 3. The number of rotatable bonds is 2. The summed E-state index contributed by atoms with van der Waals surface area (Å²) in [4.78, 5) is 0. The van der Waals surface area contributed by atoms with Gasteiger partial charge in [-0.25, -0.2) is 0 Å². The lowest BCUT2D eigenvalue weighted by Gasteiger charge is -2.07. The van der Waals surface area contributed by atoms with Crippen LogP contribution < -0.4 is 5.32 Å². The fraction of sp³-hybridized carbons (Fsp3) is 0. The lowest BCUT2D eigenvalue weighted by molar-refractivity contribution is 1.04. The number of halogens is 3. The molecule has 82 valence electrons. The van der Waals surface area contributed by atoms with Gasteiger partial charge in [0, 0.05) is 9.50 Å². The van der Waals surface area contributed by atoms with Gasteiger partial charge in [-0.1, -0.05) is 23.2 Å². The van der Waals surface area contributed by atoms with Crippen molar-refractivity contribution in [3.8, 4) is 0 Å². The molecule has 0 atom stereocenters. The van der Waals surface area contributed by atoms with E-state index in [-0.39, 0.29) is 0 Å². The first-order chi connectivity index (χ1) is 7.65. The number of anilines is 2. The van der Waals surface area contributed by atoms with Crippen molar-refractivity contribution in [3.05, 3.63) is 45.0 Å². The number of hydrogen-bond donors (Lipinski definition) is 1. The minimum atomic E-state index is 0.362. The zero-order valence-electron chi connectivity index (χ0n) is 7.92. The van der Waals surface area contributed by atoms with E-state index in [0.717, 1.165) is 10.2 Å². The second kappa shape index (κ2) is 4.99. The molecule has 16 heavy (non-hydrogen) atoms. The molecule has 0 fully saturated rings. The molecule has 1 heterocycles. The number of nitrogens with one attached hydrogen (secondary N) is 1. The summed E-state index contributed by atoms with van der Waals surface area (Å²) in [5.41, 5.74) is 0.862. The van der Waals surface area contributed by atoms with Crippen LogP contribution in [0.25, 0.3) is 0 Å². The molecule has 0 aliphatic heterocycles. The van der Waals surface area contributed by atoms with Gasteiger partial charge in [0.2, 0.25) is 0 Å². The van der Waals surface area contributed by atoms with Crippen molar-refractivity contribution in [2.45, 2.75) is 0 Å². The topological polar surface area (TPSA) is 37.8 Å². The maximum atomic E-state index is 5.84. The molecule has 1 aromatic carbocycles. The van der Waals surface area contributed by atoms with Crippen LogP contribution in [-0.4, -0.2) is 10.2 Å². The first-order valence-electron chi connectivity index (χ1n) is 4.36. The Morgan fingerprint density at radius 1 is 1.06 bits per heavy atom. The van der Waals surface area contributed by atoms with Crippen molar-refractivity contribution < 1.29 is 0 Å². The van der Waals surface area contributed by atoms with Crippen LogP contribution >= 0.6 is 39.1 Å². The molecule has 0 saturated heterocycles. The fourth-order valence-corrected chi connectivity index (χ4v) is 1.99. The number of benzene rings is 1. The van der Waals surface area contributed by atoms with Crippen molar-refractivity contribution in [3.63, 3.8) is 0 Å². The summed E-state index contributed by atoms with van der Waals surface area (Å²) < 4.78 is 0.858. The van der Waals surface area contributed by atoms with Gasteiger partial charge >= 0.3 is 0 Å². The summed E-state index contributed by atoms with van der Waals surface area (Å²) in [6.07, 6.45) is 0. The van der Waals surface area contributed by atoms with Gasteiger partial charge in [0.05, 0.1) is 5.69 Å². The van der Waals surface area contributed by atoms with Gasteiger partial charge in [-0.05, 0) is 46.3 Å². The molecule has 2 rings (SSSR count). The second-order valence-electron chi connectivity index (χ2n) is 2.99. The molecule has 1 N–H and O–H groups in total. The molecule has 1 aromatic heterocycles. The molecule has 0 bridgehead atoms. The van der Waals surface area contributed by atoms with E-state index in [0.29, 0.717) is 16.0 Å². The van der Waals surface area contributed by atoms with E-state index in [4.69, 9.17) is 23.2 Å². The quantitative estimate of drug-likeness (QED) is 0.897. The summed E-state index contributed by atoms with van der Waals surface area (Å²) in [5, 5.41) is 11.7. The molecule has 0 aliphatic carbocycles. The first-order valence-corrected chi connectivity index (χ1v) is 5.91. The summed E-state index contributed by atoms with van der Waals surface area (Å²) >= 11 is 14.9. The highest BCUT2D eigenvalue weighted by Crippen LogP contribution is 2.27. The van der Waals surface area contributed by atoms with Crippen LogP contribution in [-0.2, 0) is 0 Å². The Hall–Kier alpha value is -0.840. The molecule has 6 heteroatoms. The smallest absolute Gasteiger partial charge is 0.153 e. The molecule has 0 spiro atoms. The summed E-state index contributed by atoms with van der Waals surface area (Å²) in [6.45, 7) is 0. The Kier molecular flexibility index (Phi) is 3.63. The van der Waals surface area contributed by atoms with Gasteiger partial charge in [-0.3, -0.25) is 0 Å². The van der Waals surface area contributed by atoms with E-state index in [9.17, 15) is 0 Å². The van der Waals surface area contributed by atoms with Crippen molar-refractivity contribution >= 4 is 50.6 Å². The van der Waals surface area contributed by atoms with Gasteiger partial charge in [-0.15, -0.1) is 10.2 Å². The minimum Gasteiger partial charge on any atom is -0.338 e. The lowest BCUT2D eigenvalue weighted by Crippen LogP contribution is -1.95. The van der Waals surface area contributed by atoms with E-state index in [1.54, 1.807) is 24.3 Å². The summed E-state index contributed by atoms with van der Waals surface area (Å²) in [5.74, 6) is 0.618. The van der Waals surface area contributed by atoms with E-state index >= 15 is 0 Å². The maximum absolute atomic E-state index is 5.84. The van der Waals surface area contributed by atoms with Crippen molar-refractivity contribution in [2.75, 3.05) is 5.32 Å². The standard InChI is InChI=1S/C10H6BrCl2N3/c11-7-5-6(12)1-2-8(7)14-10-4-3-9(13)15-16-10/h1-5H,(H,14,16). The summed E-state index contributed by atoms with van der Waals surface area (Å²) in [7, 11) is 0. The van der Waals surface area contributed by atoms with Crippen LogP contribution in [0.1, 0.15) is 0 Å². The zero-order chi connectivity index (χ0) is 11.5. The Labute approximate surface area is 111 Å². The summed E-state index contributed by atoms with van der Waals surface area (Å²) in [6, 6.07) is 8.85. The molecule has 0 aliphatic rings. The maximum Gasteiger partial charge on any atom is 0.153 e. The molecule has 0 saturated carbocycles. The van der Waals surface area contributed by atoms with Gasteiger partial charge in [0.1, 0.15) is 0 Å². The molecular weight excluding hydrogens is 313 g/mol. The minimum absolute atomic E-state index is 0.362. The normalized spacial score (nSPS) is 10.2. The predicted molar refractivity (Wildman–Crippen MR) is 69.5 cm³/mol. The molecule has 2 aromatic rings. The zero-order valence-corrected chi connectivity index (χ0v) is 11.0. The van der Waals surface area contributed by atoms with Gasteiger partial charge in [0.15, 0.2) is 11.0 Å². The van der Waals surface area contributed by atoms with Gasteiger partial charge in [0.25, 0.3) is 0 Å². The Balaban J connectivity index is 2.23. The van der Waals surface area contributed by atoms with Crippen molar-refractivity contribution in [2.24, 2.45) is 0 Å². The molecule has 0 unspecified atom stereocenters. The van der Waals surface area contributed by atoms with Crippen LogP contribution in [0.4, 0.5) is 11.5 Å². The average Bonchev–Trinajstić information content (AvgIpc) is 2.25. The Bertz CT molecular complexity index is 502. The Morgan fingerprint density at radius 3 is 2.50 bits per heavy atom. The third-order valence-electron chi connectivity index (χ3n) is 1.83. The monoisotopic (exact) mass is 317 g/mol. The van der Waals surface area contributed by atoms with E-state index < -0.39 is 0 Å². The van der Waals surface area contributed by atoms with Crippen molar-refractivity contribution in [1.29, 1.82) is 0 Å². The largest absolute Gasteiger partial charge is 0.338 e. The SMILES string of the molecule is Clc1ccc(Nc2ccc(Cl)nn2)c(Br)c1. The van der Waals surface area contributed by atoms with Crippen molar-refractivity contribution in [1.82, 2.24) is 10.2 Å². The number of nitrogens with zero attached hydrogens (tertiary/aromatic N) is 2. The van der Waals surface area contributed by atoms with E-state index in [1.165, 1.54) is 0 Å². The lowest BCUT2D eigenvalue weighted by atomic mass is 10.3. The van der Waals surface area contributed by atoms with E-state index in [2.05, 4.69) is 31.4 Å². The highest BCUT2D eigenvalue weighted by molar-refractivity contribution is 9.10. The molecular formula is C10H6BrCl2N3. The highest BCUT2D eigenvalue weighted by Gasteiger charge is 2.02. The average molecular weight is 319 g/mol. The van der Waals surface area contributed by atoms with Gasteiger partial charge < -0.3 is 5.32 Å². The molecule has 0 radical (unpaired) electrons. The molecule has 0 amide bonds. The Morgan fingerprint density at radius 2 is 1.88 bits per heavy atom. The van der Waals surface area contributed by atoms with E-state index in [1.807, 2.05) is 6.07 Å². The first kappa shape index (κ1) is 11.6. The highest BCUT2D eigenvalue weighted by atomic mass is 79.9. The molecule has 3 nitrogen and oxygen atoms in total. The predicted octanol–water partition coefficient (Wildman–Crippen LogP) is 4.29. The third kappa shape index (κ3) is 2.84. The number of aromatic nitrogens is 2.